The number of rotatable bonds is 8. The Balaban J connectivity index is 1.48. The van der Waals surface area contributed by atoms with E-state index in [2.05, 4.69) is 0 Å². The molecule has 2 fully saturated rings. The molecule has 2 unspecified atom stereocenters. The lowest BCUT2D eigenvalue weighted by Gasteiger charge is -2.35. The second-order valence-electron chi connectivity index (χ2n) is 8.31. The van der Waals surface area contributed by atoms with Crippen LogP contribution in [0.2, 0.25) is 0 Å². The standard InChI is InChI=1S/C23H30N2O5S2/c1-29-19-8-10-22(11-9-19)32(27,28)25-12-2-5-18(15-25)23(26)24(16-20-6-3-13-30-20)17-21-7-4-14-31-21/h4,7-11,14,18,20H,2-3,5-6,12-13,15-17H2,1H3. The maximum atomic E-state index is 13.5. The number of methoxy groups -OCH3 is 1. The van der Waals surface area contributed by atoms with Crippen LogP contribution >= 0.6 is 11.3 Å². The van der Waals surface area contributed by atoms with Gasteiger partial charge in [0.25, 0.3) is 0 Å². The van der Waals surface area contributed by atoms with Crippen LogP contribution < -0.4 is 4.74 Å². The quantitative estimate of drug-likeness (QED) is 0.582. The monoisotopic (exact) mass is 478 g/mol. The minimum absolute atomic E-state index is 0.0172. The summed E-state index contributed by atoms with van der Waals surface area (Å²) < 4.78 is 38.8. The van der Waals surface area contributed by atoms with Crippen molar-refractivity contribution < 1.29 is 22.7 Å². The SMILES string of the molecule is COc1ccc(S(=O)(=O)N2CCCC(C(=O)N(Cc3cccs3)CC3CCCO3)C2)cc1. The lowest BCUT2D eigenvalue weighted by atomic mass is 9.97. The van der Waals surface area contributed by atoms with E-state index in [1.807, 2.05) is 22.4 Å². The molecule has 2 atom stereocenters. The topological polar surface area (TPSA) is 76.2 Å². The number of thiophene rings is 1. The van der Waals surface area contributed by atoms with E-state index in [0.717, 1.165) is 24.3 Å². The van der Waals surface area contributed by atoms with E-state index in [0.29, 0.717) is 38.2 Å². The summed E-state index contributed by atoms with van der Waals surface area (Å²) in [7, 11) is -2.12. The fraction of sp³-hybridized carbons (Fsp3) is 0.522. The molecule has 32 heavy (non-hydrogen) atoms. The Morgan fingerprint density at radius 3 is 2.69 bits per heavy atom. The lowest BCUT2D eigenvalue weighted by molar-refractivity contribution is -0.139. The molecule has 2 aliphatic heterocycles. The lowest BCUT2D eigenvalue weighted by Crippen LogP contribution is -2.47. The zero-order valence-corrected chi connectivity index (χ0v) is 19.9. The van der Waals surface area contributed by atoms with E-state index in [1.165, 1.54) is 4.31 Å². The van der Waals surface area contributed by atoms with E-state index < -0.39 is 10.0 Å². The number of ether oxygens (including phenoxy) is 2. The molecular weight excluding hydrogens is 448 g/mol. The Morgan fingerprint density at radius 2 is 2.03 bits per heavy atom. The maximum absolute atomic E-state index is 13.5. The van der Waals surface area contributed by atoms with Gasteiger partial charge in [0.2, 0.25) is 15.9 Å². The van der Waals surface area contributed by atoms with Crippen molar-refractivity contribution in [2.75, 3.05) is 33.4 Å². The number of carbonyl (C=O) groups is 1. The summed E-state index contributed by atoms with van der Waals surface area (Å²) in [6, 6.07) is 10.4. The number of hydrogen-bond acceptors (Lipinski definition) is 6. The molecule has 2 aliphatic rings. The van der Waals surface area contributed by atoms with Crippen LogP contribution in [0.15, 0.2) is 46.7 Å². The predicted molar refractivity (Wildman–Crippen MR) is 123 cm³/mol. The van der Waals surface area contributed by atoms with Crippen LogP contribution in [-0.2, 0) is 26.1 Å². The first-order valence-electron chi connectivity index (χ1n) is 11.0. The van der Waals surface area contributed by atoms with Crippen molar-refractivity contribution in [2.24, 2.45) is 5.92 Å². The van der Waals surface area contributed by atoms with Gasteiger partial charge in [0.15, 0.2) is 0 Å². The van der Waals surface area contributed by atoms with Crippen molar-refractivity contribution in [3.63, 3.8) is 0 Å². The summed E-state index contributed by atoms with van der Waals surface area (Å²) in [4.78, 5) is 16.8. The molecule has 2 saturated heterocycles. The van der Waals surface area contributed by atoms with Crippen molar-refractivity contribution in [3.05, 3.63) is 46.7 Å². The molecule has 2 aromatic rings. The van der Waals surface area contributed by atoms with Gasteiger partial charge in [-0.05, 0) is 61.4 Å². The highest BCUT2D eigenvalue weighted by atomic mass is 32.2. The molecule has 1 aromatic carbocycles. The van der Waals surface area contributed by atoms with Crippen molar-refractivity contribution in [1.29, 1.82) is 0 Å². The first kappa shape index (κ1) is 23.2. The van der Waals surface area contributed by atoms with Crippen molar-refractivity contribution in [2.45, 2.75) is 43.2 Å². The van der Waals surface area contributed by atoms with Gasteiger partial charge in [0, 0.05) is 31.1 Å². The molecule has 0 bridgehead atoms. The predicted octanol–water partition coefficient (Wildman–Crippen LogP) is 3.37. The minimum Gasteiger partial charge on any atom is -0.497 e. The summed E-state index contributed by atoms with van der Waals surface area (Å²) in [5, 5.41) is 2.01. The highest BCUT2D eigenvalue weighted by molar-refractivity contribution is 7.89. The normalized spacial score (nSPS) is 22.0. The van der Waals surface area contributed by atoms with Crippen molar-refractivity contribution in [3.8, 4) is 5.75 Å². The smallest absolute Gasteiger partial charge is 0.243 e. The summed E-state index contributed by atoms with van der Waals surface area (Å²) in [5.41, 5.74) is 0. The van der Waals surface area contributed by atoms with Gasteiger partial charge in [0.1, 0.15) is 5.75 Å². The third-order valence-corrected chi connectivity index (χ3v) is 8.86. The number of amides is 1. The largest absolute Gasteiger partial charge is 0.497 e. The Morgan fingerprint density at radius 1 is 1.22 bits per heavy atom. The van der Waals surface area contributed by atoms with Gasteiger partial charge in [-0.2, -0.15) is 4.31 Å². The summed E-state index contributed by atoms with van der Waals surface area (Å²) >= 11 is 1.63. The third-order valence-electron chi connectivity index (χ3n) is 6.12. The fourth-order valence-electron chi connectivity index (χ4n) is 4.37. The first-order valence-corrected chi connectivity index (χ1v) is 13.4. The molecule has 0 spiro atoms. The number of hydrogen-bond donors (Lipinski definition) is 0. The number of piperidine rings is 1. The zero-order chi connectivity index (χ0) is 22.6. The van der Waals surface area contributed by atoms with Crippen LogP contribution in [0, 0.1) is 5.92 Å². The van der Waals surface area contributed by atoms with Gasteiger partial charge in [0.05, 0.1) is 30.6 Å². The van der Waals surface area contributed by atoms with E-state index in [-0.39, 0.29) is 29.4 Å². The summed E-state index contributed by atoms with van der Waals surface area (Å²) in [6.45, 7) is 2.47. The second kappa shape index (κ2) is 10.3. The van der Waals surface area contributed by atoms with E-state index in [9.17, 15) is 13.2 Å². The molecule has 4 rings (SSSR count). The van der Waals surface area contributed by atoms with E-state index >= 15 is 0 Å². The molecule has 9 heteroatoms. The van der Waals surface area contributed by atoms with Gasteiger partial charge in [-0.25, -0.2) is 8.42 Å². The van der Waals surface area contributed by atoms with E-state index in [1.54, 1.807) is 42.7 Å². The van der Waals surface area contributed by atoms with Gasteiger partial charge in [-0.15, -0.1) is 11.3 Å². The number of benzene rings is 1. The molecular formula is C23H30N2O5S2. The van der Waals surface area contributed by atoms with Gasteiger partial charge in [-0.3, -0.25) is 4.79 Å². The molecule has 0 N–H and O–H groups in total. The average molecular weight is 479 g/mol. The van der Waals surface area contributed by atoms with Crippen molar-refractivity contribution >= 4 is 27.3 Å². The van der Waals surface area contributed by atoms with Crippen LogP contribution in [0.5, 0.6) is 5.75 Å². The molecule has 0 aliphatic carbocycles. The molecule has 7 nitrogen and oxygen atoms in total. The zero-order valence-electron chi connectivity index (χ0n) is 18.3. The van der Waals surface area contributed by atoms with Crippen LogP contribution in [-0.4, -0.2) is 63.0 Å². The second-order valence-corrected chi connectivity index (χ2v) is 11.3. The van der Waals surface area contributed by atoms with Crippen LogP contribution in [0.25, 0.3) is 0 Å². The molecule has 1 amide bonds. The van der Waals surface area contributed by atoms with Crippen molar-refractivity contribution in [1.82, 2.24) is 9.21 Å². The highest BCUT2D eigenvalue weighted by Gasteiger charge is 2.36. The molecule has 3 heterocycles. The Kier molecular flexibility index (Phi) is 7.50. The Hall–Kier alpha value is -1.94. The highest BCUT2D eigenvalue weighted by Crippen LogP contribution is 2.27. The van der Waals surface area contributed by atoms with E-state index in [4.69, 9.17) is 9.47 Å². The number of sulfonamides is 1. The Bertz CT molecular complexity index is 986. The number of carbonyl (C=O) groups excluding carboxylic acids is 1. The molecule has 0 radical (unpaired) electrons. The van der Waals surface area contributed by atoms with Crippen LogP contribution in [0.3, 0.4) is 0 Å². The molecule has 174 valence electrons. The molecule has 0 saturated carbocycles. The number of nitrogens with zero attached hydrogens (tertiary/aromatic N) is 2. The van der Waals surface area contributed by atoms with Crippen LogP contribution in [0.4, 0.5) is 0 Å². The summed E-state index contributed by atoms with van der Waals surface area (Å²) in [5.74, 6) is 0.274. The maximum Gasteiger partial charge on any atom is 0.243 e. The molecule has 1 aromatic heterocycles. The summed E-state index contributed by atoms with van der Waals surface area (Å²) in [6.07, 6.45) is 3.39. The Labute approximate surface area is 194 Å². The van der Waals surface area contributed by atoms with Gasteiger partial charge < -0.3 is 14.4 Å². The van der Waals surface area contributed by atoms with Gasteiger partial charge >= 0.3 is 0 Å². The minimum atomic E-state index is -3.67. The average Bonchev–Trinajstić information content (AvgIpc) is 3.53. The first-order chi connectivity index (χ1) is 15.5. The fourth-order valence-corrected chi connectivity index (χ4v) is 6.62. The third kappa shape index (κ3) is 5.33. The van der Waals surface area contributed by atoms with Gasteiger partial charge in [-0.1, -0.05) is 6.07 Å². The van der Waals surface area contributed by atoms with Crippen LogP contribution in [0.1, 0.15) is 30.6 Å².